The van der Waals surface area contributed by atoms with E-state index in [2.05, 4.69) is 0 Å². The van der Waals surface area contributed by atoms with Gasteiger partial charge in [0.25, 0.3) is 0 Å². The van der Waals surface area contributed by atoms with Crippen molar-refractivity contribution in [3.05, 3.63) is 0 Å². The highest BCUT2D eigenvalue weighted by molar-refractivity contribution is 8.72. The molecule has 0 bridgehead atoms. The molecule has 0 aromatic rings. The minimum absolute atomic E-state index is 0.447. The zero-order chi connectivity index (χ0) is 8.60. The van der Waals surface area contributed by atoms with Gasteiger partial charge in [0.05, 0.1) is 5.75 Å². The Balaban J connectivity index is 2.08. The van der Waals surface area contributed by atoms with Gasteiger partial charge in [-0.1, -0.05) is 12.8 Å². The highest BCUT2D eigenvalue weighted by Crippen LogP contribution is 2.39. The molecular weight excluding hydrogens is 192 g/mol. The van der Waals surface area contributed by atoms with Crippen molar-refractivity contribution in [3.8, 4) is 0 Å². The molecule has 2 nitrogen and oxygen atoms in total. The number of rotatable bonds is 0. The van der Waals surface area contributed by atoms with Crippen LogP contribution < -0.4 is 0 Å². The summed E-state index contributed by atoms with van der Waals surface area (Å²) in [6.07, 6.45) is 4.95. The van der Waals surface area contributed by atoms with Crippen LogP contribution in [0.5, 0.6) is 0 Å². The molecule has 0 radical (unpaired) electrons. The molecule has 0 N–H and O–H groups in total. The minimum Gasteiger partial charge on any atom is -0.217 e. The standard InChI is InChI=1S/C8H14O2S2/c9-12(10)6-8-4-2-1-3-7(8)5-11-12/h7-8H,1-6H2/t7-,8-/m0/s1. The summed E-state index contributed by atoms with van der Waals surface area (Å²) in [5, 5.41) is 0. The van der Waals surface area contributed by atoms with Gasteiger partial charge in [-0.05, 0) is 35.5 Å². The lowest BCUT2D eigenvalue weighted by Crippen LogP contribution is -2.32. The van der Waals surface area contributed by atoms with E-state index < -0.39 is 8.87 Å². The second-order valence-electron chi connectivity index (χ2n) is 3.81. The molecule has 2 aliphatic rings. The summed E-state index contributed by atoms with van der Waals surface area (Å²) in [5.41, 5.74) is 0. The monoisotopic (exact) mass is 206 g/mol. The van der Waals surface area contributed by atoms with Crippen molar-refractivity contribution in [3.63, 3.8) is 0 Å². The van der Waals surface area contributed by atoms with Gasteiger partial charge in [-0.3, -0.25) is 0 Å². The van der Waals surface area contributed by atoms with E-state index >= 15 is 0 Å². The summed E-state index contributed by atoms with van der Waals surface area (Å²) in [5.74, 6) is 2.49. The van der Waals surface area contributed by atoms with Crippen molar-refractivity contribution in [2.75, 3.05) is 11.5 Å². The van der Waals surface area contributed by atoms with E-state index in [-0.39, 0.29) is 0 Å². The topological polar surface area (TPSA) is 34.1 Å². The molecule has 12 heavy (non-hydrogen) atoms. The first kappa shape index (κ1) is 8.88. The molecule has 0 spiro atoms. The van der Waals surface area contributed by atoms with Gasteiger partial charge in [-0.25, -0.2) is 8.42 Å². The summed E-state index contributed by atoms with van der Waals surface area (Å²) >= 11 is 0. The number of hydrogen-bond acceptors (Lipinski definition) is 3. The van der Waals surface area contributed by atoms with Crippen LogP contribution in [0.2, 0.25) is 0 Å². The molecule has 1 saturated carbocycles. The zero-order valence-corrected chi connectivity index (χ0v) is 8.66. The molecule has 2 rings (SSSR count). The SMILES string of the molecule is O=S1(=O)C[C@@H]2CCCC[C@H]2CS1. The predicted octanol–water partition coefficient (Wildman–Crippen LogP) is 1.87. The highest BCUT2D eigenvalue weighted by atomic mass is 33.1. The fraction of sp³-hybridized carbons (Fsp3) is 1.00. The molecule has 0 amide bonds. The average molecular weight is 206 g/mol. The molecule has 1 saturated heterocycles. The molecule has 2 atom stereocenters. The summed E-state index contributed by atoms with van der Waals surface area (Å²) in [4.78, 5) is 0. The maximum absolute atomic E-state index is 11.3. The lowest BCUT2D eigenvalue weighted by Gasteiger charge is -2.34. The van der Waals surface area contributed by atoms with E-state index in [4.69, 9.17) is 0 Å². The fourth-order valence-electron chi connectivity index (χ4n) is 2.22. The van der Waals surface area contributed by atoms with Crippen molar-refractivity contribution in [2.24, 2.45) is 11.8 Å². The first-order valence-corrected chi connectivity index (χ1v) is 7.70. The van der Waals surface area contributed by atoms with Gasteiger partial charge < -0.3 is 0 Å². The third-order valence-corrected chi connectivity index (χ3v) is 6.60. The van der Waals surface area contributed by atoms with E-state index in [0.29, 0.717) is 17.6 Å². The van der Waals surface area contributed by atoms with Crippen LogP contribution in [0.1, 0.15) is 25.7 Å². The Morgan fingerprint density at radius 1 is 1.08 bits per heavy atom. The van der Waals surface area contributed by atoms with Crippen LogP contribution in [-0.4, -0.2) is 19.9 Å². The Morgan fingerprint density at radius 3 is 2.50 bits per heavy atom. The van der Waals surface area contributed by atoms with E-state index in [1.54, 1.807) is 0 Å². The summed E-state index contributed by atoms with van der Waals surface area (Å²) in [7, 11) is -1.56. The minimum atomic E-state index is -2.74. The van der Waals surface area contributed by atoms with E-state index in [9.17, 15) is 8.42 Å². The Labute approximate surface area is 77.4 Å². The van der Waals surface area contributed by atoms with Crippen molar-refractivity contribution in [1.29, 1.82) is 0 Å². The Kier molecular flexibility index (Phi) is 2.38. The average Bonchev–Trinajstić information content (AvgIpc) is 2.02. The van der Waals surface area contributed by atoms with E-state index in [0.717, 1.165) is 12.2 Å². The van der Waals surface area contributed by atoms with Crippen LogP contribution in [0.25, 0.3) is 0 Å². The van der Waals surface area contributed by atoms with E-state index in [1.165, 1.54) is 30.1 Å². The smallest absolute Gasteiger partial charge is 0.201 e. The second kappa shape index (κ2) is 3.22. The van der Waals surface area contributed by atoms with Crippen LogP contribution >= 0.6 is 10.8 Å². The van der Waals surface area contributed by atoms with Gasteiger partial charge in [-0.2, -0.15) is 0 Å². The molecule has 0 unspecified atom stereocenters. The van der Waals surface area contributed by atoms with Crippen molar-refractivity contribution in [2.45, 2.75) is 25.7 Å². The Hall–Kier alpha value is 0.300. The Morgan fingerprint density at radius 2 is 1.75 bits per heavy atom. The van der Waals surface area contributed by atoms with Gasteiger partial charge in [0.1, 0.15) is 0 Å². The van der Waals surface area contributed by atoms with Gasteiger partial charge in [0.2, 0.25) is 8.87 Å². The number of hydrogen-bond donors (Lipinski definition) is 0. The van der Waals surface area contributed by atoms with Crippen molar-refractivity contribution < 1.29 is 8.42 Å². The van der Waals surface area contributed by atoms with Crippen LogP contribution in [0.15, 0.2) is 0 Å². The van der Waals surface area contributed by atoms with Crippen LogP contribution in [0, 0.1) is 11.8 Å². The van der Waals surface area contributed by atoms with Crippen LogP contribution in [0.4, 0.5) is 0 Å². The van der Waals surface area contributed by atoms with Crippen molar-refractivity contribution >= 4 is 19.7 Å². The van der Waals surface area contributed by atoms with E-state index in [1.807, 2.05) is 0 Å². The normalized spacial score (nSPS) is 40.3. The summed E-state index contributed by atoms with van der Waals surface area (Å²) in [6, 6.07) is 0. The zero-order valence-electron chi connectivity index (χ0n) is 7.03. The maximum Gasteiger partial charge on any atom is 0.201 e. The van der Waals surface area contributed by atoms with Crippen LogP contribution in [-0.2, 0) is 8.87 Å². The predicted molar refractivity (Wildman–Crippen MR) is 51.7 cm³/mol. The highest BCUT2D eigenvalue weighted by Gasteiger charge is 2.34. The number of fused-ring (bicyclic) bond motifs is 1. The molecule has 2 fully saturated rings. The molecular formula is C8H14O2S2. The fourth-order valence-corrected chi connectivity index (χ4v) is 6.06. The quantitative estimate of drug-likeness (QED) is 0.567. The molecule has 0 aromatic heterocycles. The maximum atomic E-state index is 11.3. The molecule has 1 aliphatic carbocycles. The third kappa shape index (κ3) is 1.79. The van der Waals surface area contributed by atoms with Crippen molar-refractivity contribution in [1.82, 2.24) is 0 Å². The van der Waals surface area contributed by atoms with Crippen LogP contribution in [0.3, 0.4) is 0 Å². The Bertz CT molecular complexity index is 258. The lowest BCUT2D eigenvalue weighted by atomic mass is 9.81. The first-order valence-electron chi connectivity index (χ1n) is 4.54. The molecule has 1 aliphatic heterocycles. The van der Waals surface area contributed by atoms with Gasteiger partial charge in [-0.15, -0.1) is 0 Å². The first-order chi connectivity index (χ1) is 5.67. The lowest BCUT2D eigenvalue weighted by molar-refractivity contribution is 0.282. The molecule has 1 heterocycles. The molecule has 4 heteroatoms. The molecule has 0 aromatic carbocycles. The largest absolute Gasteiger partial charge is 0.217 e. The van der Waals surface area contributed by atoms with Gasteiger partial charge in [0, 0.05) is 5.75 Å². The molecule has 70 valence electrons. The summed E-state index contributed by atoms with van der Waals surface area (Å²) < 4.78 is 22.5. The van der Waals surface area contributed by atoms with Gasteiger partial charge >= 0.3 is 0 Å². The second-order valence-corrected chi connectivity index (χ2v) is 8.06. The summed E-state index contributed by atoms with van der Waals surface area (Å²) in [6.45, 7) is 0. The third-order valence-electron chi connectivity index (χ3n) is 2.95. The van der Waals surface area contributed by atoms with Gasteiger partial charge in [0.15, 0.2) is 0 Å².